The van der Waals surface area contributed by atoms with E-state index < -0.39 is 5.91 Å². The summed E-state index contributed by atoms with van der Waals surface area (Å²) in [7, 11) is 1.48. The number of nitrogens with zero attached hydrogens (tertiary/aromatic N) is 2. The Morgan fingerprint density at radius 1 is 1.16 bits per heavy atom. The molecule has 0 spiro atoms. The number of para-hydroxylation sites is 1. The van der Waals surface area contributed by atoms with Crippen molar-refractivity contribution in [3.8, 4) is 11.5 Å². The van der Waals surface area contributed by atoms with Crippen LogP contribution in [0.1, 0.15) is 21.5 Å². The number of methoxy groups -OCH3 is 1. The maximum Gasteiger partial charge on any atom is 0.275 e. The van der Waals surface area contributed by atoms with E-state index in [1.54, 1.807) is 24.4 Å². The van der Waals surface area contributed by atoms with Crippen LogP contribution in [-0.4, -0.2) is 28.9 Å². The van der Waals surface area contributed by atoms with E-state index in [4.69, 9.17) is 27.9 Å². The van der Waals surface area contributed by atoms with Gasteiger partial charge in [-0.25, -0.2) is 5.43 Å². The van der Waals surface area contributed by atoms with Crippen LogP contribution in [0, 0.1) is 0 Å². The van der Waals surface area contributed by atoms with Gasteiger partial charge in [-0.15, -0.1) is 0 Å². The number of fused-ring (bicyclic) bond motifs is 1. The summed E-state index contributed by atoms with van der Waals surface area (Å²) in [4.78, 5) is 12.4. The predicted molar refractivity (Wildman–Crippen MR) is 127 cm³/mol. The molecule has 0 saturated heterocycles. The number of aromatic nitrogens is 1. The van der Waals surface area contributed by atoms with Gasteiger partial charge in [-0.2, -0.15) is 5.10 Å². The summed E-state index contributed by atoms with van der Waals surface area (Å²) >= 11 is 12.4. The van der Waals surface area contributed by atoms with Gasteiger partial charge in [0.15, 0.2) is 0 Å². The van der Waals surface area contributed by atoms with Gasteiger partial charge in [0.1, 0.15) is 11.5 Å². The van der Waals surface area contributed by atoms with Gasteiger partial charge in [0.25, 0.3) is 5.91 Å². The Bertz CT molecular complexity index is 1330. The predicted octanol–water partition coefficient (Wildman–Crippen LogP) is 5.47. The maximum absolute atomic E-state index is 12.4. The number of hydrazone groups is 1. The van der Waals surface area contributed by atoms with Crippen molar-refractivity contribution in [3.05, 3.63) is 93.6 Å². The summed E-state index contributed by atoms with van der Waals surface area (Å²) in [6, 6.07) is 17.7. The number of phenols is 1. The molecule has 4 aromatic rings. The van der Waals surface area contributed by atoms with Crippen molar-refractivity contribution in [1.29, 1.82) is 0 Å². The van der Waals surface area contributed by atoms with Crippen molar-refractivity contribution in [2.45, 2.75) is 6.54 Å². The van der Waals surface area contributed by atoms with Crippen LogP contribution in [0.4, 0.5) is 0 Å². The zero-order chi connectivity index (χ0) is 22.7. The highest BCUT2D eigenvalue weighted by atomic mass is 35.5. The van der Waals surface area contributed by atoms with E-state index in [0.717, 1.165) is 22.0 Å². The highest BCUT2D eigenvalue weighted by molar-refractivity contribution is 6.35. The zero-order valence-electron chi connectivity index (χ0n) is 17.0. The number of amides is 1. The molecule has 3 aromatic carbocycles. The summed E-state index contributed by atoms with van der Waals surface area (Å²) in [5.74, 6) is -0.261. The van der Waals surface area contributed by atoms with Gasteiger partial charge >= 0.3 is 0 Å². The first-order valence-electron chi connectivity index (χ1n) is 9.68. The number of aromatic hydroxyl groups is 1. The summed E-state index contributed by atoms with van der Waals surface area (Å²) in [6.07, 6.45) is 3.51. The third-order valence-electron chi connectivity index (χ3n) is 4.99. The van der Waals surface area contributed by atoms with Crippen molar-refractivity contribution in [2.75, 3.05) is 7.11 Å². The highest BCUT2D eigenvalue weighted by Crippen LogP contribution is 2.26. The van der Waals surface area contributed by atoms with Crippen LogP contribution in [-0.2, 0) is 6.54 Å². The minimum Gasteiger partial charge on any atom is -0.507 e. The third kappa shape index (κ3) is 4.56. The van der Waals surface area contributed by atoms with Gasteiger partial charge in [0, 0.05) is 45.3 Å². The van der Waals surface area contributed by atoms with E-state index in [0.29, 0.717) is 22.3 Å². The zero-order valence-corrected chi connectivity index (χ0v) is 18.6. The molecule has 0 bridgehead atoms. The lowest BCUT2D eigenvalue weighted by Gasteiger charge is -2.08. The van der Waals surface area contributed by atoms with Gasteiger partial charge in [0.05, 0.1) is 18.9 Å². The van der Waals surface area contributed by atoms with Crippen molar-refractivity contribution >= 4 is 46.2 Å². The first-order valence-corrected chi connectivity index (χ1v) is 10.4. The standard InChI is InChI=1S/C24H19Cl2N3O3/c1-32-18-8-9-20(23(30)11-18)24(31)28-27-12-16-14-29(22-5-3-2-4-19(16)22)13-15-6-7-17(25)10-21(15)26/h2-12,14,30H,13H2,1H3,(H,28,31)/b27-12-. The summed E-state index contributed by atoms with van der Waals surface area (Å²) in [5, 5.41) is 16.3. The number of rotatable bonds is 6. The molecule has 32 heavy (non-hydrogen) atoms. The first-order chi connectivity index (χ1) is 15.5. The van der Waals surface area contributed by atoms with Crippen molar-refractivity contribution in [2.24, 2.45) is 5.10 Å². The molecule has 162 valence electrons. The van der Waals surface area contributed by atoms with Crippen LogP contribution in [0.15, 0.2) is 72.0 Å². The van der Waals surface area contributed by atoms with E-state index in [9.17, 15) is 9.90 Å². The number of benzene rings is 3. The molecule has 0 aliphatic carbocycles. The molecule has 2 N–H and O–H groups in total. The Hall–Kier alpha value is -3.48. The van der Waals surface area contributed by atoms with Crippen LogP contribution in [0.25, 0.3) is 10.9 Å². The number of nitrogens with one attached hydrogen (secondary N) is 1. The molecular weight excluding hydrogens is 449 g/mol. The number of carbonyl (C=O) groups excluding carboxylic acids is 1. The molecule has 1 amide bonds. The quantitative estimate of drug-likeness (QED) is 0.291. The lowest BCUT2D eigenvalue weighted by molar-refractivity contribution is 0.0952. The second kappa shape index (κ2) is 9.34. The Morgan fingerprint density at radius 2 is 1.97 bits per heavy atom. The molecule has 6 nitrogen and oxygen atoms in total. The molecule has 0 radical (unpaired) electrons. The smallest absolute Gasteiger partial charge is 0.275 e. The van der Waals surface area contributed by atoms with Crippen LogP contribution in [0.5, 0.6) is 11.5 Å². The number of hydrogen-bond donors (Lipinski definition) is 2. The second-order valence-electron chi connectivity index (χ2n) is 7.05. The lowest BCUT2D eigenvalue weighted by atomic mass is 10.2. The molecule has 8 heteroatoms. The summed E-state index contributed by atoms with van der Waals surface area (Å²) < 4.78 is 7.09. The molecule has 0 unspecified atom stereocenters. The third-order valence-corrected chi connectivity index (χ3v) is 5.58. The number of ether oxygens (including phenoxy) is 1. The molecule has 0 fully saturated rings. The normalized spacial score (nSPS) is 11.2. The monoisotopic (exact) mass is 467 g/mol. The maximum atomic E-state index is 12.4. The van der Waals surface area contributed by atoms with E-state index in [-0.39, 0.29) is 11.3 Å². The fourth-order valence-corrected chi connectivity index (χ4v) is 3.86. The van der Waals surface area contributed by atoms with Crippen LogP contribution < -0.4 is 10.2 Å². The highest BCUT2D eigenvalue weighted by Gasteiger charge is 2.12. The number of carbonyl (C=O) groups is 1. The number of phenolic OH excluding ortho intramolecular Hbond substituents is 1. The van der Waals surface area contributed by atoms with E-state index in [1.807, 2.05) is 36.5 Å². The van der Waals surface area contributed by atoms with E-state index in [2.05, 4.69) is 15.1 Å². The molecule has 1 aromatic heterocycles. The molecular formula is C24H19Cl2N3O3. The Morgan fingerprint density at radius 3 is 2.72 bits per heavy atom. The molecule has 0 atom stereocenters. The van der Waals surface area contributed by atoms with Gasteiger partial charge < -0.3 is 14.4 Å². The SMILES string of the molecule is COc1ccc(C(=O)N/N=C\c2cn(Cc3ccc(Cl)cc3Cl)c3ccccc23)c(O)c1. The average Bonchev–Trinajstić information content (AvgIpc) is 3.13. The lowest BCUT2D eigenvalue weighted by Crippen LogP contribution is -2.17. The molecule has 4 rings (SSSR count). The summed E-state index contributed by atoms with van der Waals surface area (Å²) in [6.45, 7) is 0.552. The van der Waals surface area contributed by atoms with Crippen molar-refractivity contribution < 1.29 is 14.6 Å². The Labute approximate surface area is 194 Å². The Kier molecular flexibility index (Phi) is 6.35. The van der Waals surface area contributed by atoms with Crippen LogP contribution in [0.2, 0.25) is 10.0 Å². The molecule has 0 saturated carbocycles. The van der Waals surface area contributed by atoms with Gasteiger partial charge in [0.2, 0.25) is 0 Å². The Balaban J connectivity index is 1.57. The fourth-order valence-electron chi connectivity index (χ4n) is 3.39. The fraction of sp³-hybridized carbons (Fsp3) is 0.0833. The number of hydrogen-bond acceptors (Lipinski definition) is 4. The van der Waals surface area contributed by atoms with Crippen LogP contribution in [0.3, 0.4) is 0 Å². The van der Waals surface area contributed by atoms with Gasteiger partial charge in [-0.3, -0.25) is 4.79 Å². The van der Waals surface area contributed by atoms with Crippen LogP contribution >= 0.6 is 23.2 Å². The van der Waals surface area contributed by atoms with E-state index in [1.165, 1.54) is 19.2 Å². The minimum absolute atomic E-state index is 0.0998. The topological polar surface area (TPSA) is 75.8 Å². The number of halogens is 2. The largest absolute Gasteiger partial charge is 0.507 e. The van der Waals surface area contributed by atoms with Crippen molar-refractivity contribution in [1.82, 2.24) is 9.99 Å². The average molecular weight is 468 g/mol. The van der Waals surface area contributed by atoms with E-state index >= 15 is 0 Å². The van der Waals surface area contributed by atoms with Gasteiger partial charge in [-0.1, -0.05) is 47.5 Å². The molecule has 0 aliphatic heterocycles. The minimum atomic E-state index is -0.530. The first kappa shape index (κ1) is 21.7. The summed E-state index contributed by atoms with van der Waals surface area (Å²) in [5.41, 5.74) is 5.31. The van der Waals surface area contributed by atoms with Crippen molar-refractivity contribution in [3.63, 3.8) is 0 Å². The second-order valence-corrected chi connectivity index (χ2v) is 7.89. The molecule has 1 heterocycles. The van der Waals surface area contributed by atoms with Gasteiger partial charge in [-0.05, 0) is 35.9 Å². The molecule has 0 aliphatic rings.